The average Bonchev–Trinajstić information content (AvgIpc) is 2.30. The van der Waals surface area contributed by atoms with E-state index in [4.69, 9.17) is 38.4 Å². The van der Waals surface area contributed by atoms with Crippen LogP contribution in [0.5, 0.6) is 0 Å². The summed E-state index contributed by atoms with van der Waals surface area (Å²) in [6.07, 6.45) is 0. The van der Waals surface area contributed by atoms with Gasteiger partial charge in [0.25, 0.3) is 0 Å². The third kappa shape index (κ3) is 4.07. The molecule has 4 nitrogen and oxygen atoms in total. The van der Waals surface area contributed by atoms with Crippen molar-refractivity contribution in [2.75, 3.05) is 25.6 Å². The number of rotatable bonds is 5. The fraction of sp³-hybridized carbons (Fsp3) is 0.364. The number of carbonyl (C=O) groups excluding carboxylic acids is 1. The fourth-order valence-electron chi connectivity index (χ4n) is 1.12. The lowest BCUT2D eigenvalue weighted by molar-refractivity contribution is 0.0335. The van der Waals surface area contributed by atoms with Crippen LogP contribution >= 0.6 is 23.2 Å². The zero-order chi connectivity index (χ0) is 12.8. The van der Waals surface area contributed by atoms with Gasteiger partial charge < -0.3 is 15.2 Å². The first-order valence-electron chi connectivity index (χ1n) is 5.05. The first-order valence-corrected chi connectivity index (χ1v) is 5.81. The summed E-state index contributed by atoms with van der Waals surface area (Å²) in [4.78, 5) is 11.6. The molecule has 0 saturated heterocycles. The van der Waals surface area contributed by atoms with Gasteiger partial charge in [0, 0.05) is 6.61 Å². The summed E-state index contributed by atoms with van der Waals surface area (Å²) in [6, 6.07) is 2.84. The summed E-state index contributed by atoms with van der Waals surface area (Å²) in [5, 5.41) is 0.462. The second-order valence-electron chi connectivity index (χ2n) is 3.19. The maximum atomic E-state index is 11.6. The van der Waals surface area contributed by atoms with Crippen LogP contribution in [0.2, 0.25) is 10.0 Å². The van der Waals surface area contributed by atoms with Crippen LogP contribution in [-0.4, -0.2) is 25.8 Å². The maximum Gasteiger partial charge on any atom is 0.338 e. The smallest absolute Gasteiger partial charge is 0.338 e. The van der Waals surface area contributed by atoms with Crippen molar-refractivity contribution >= 4 is 34.9 Å². The molecule has 0 fully saturated rings. The second-order valence-corrected chi connectivity index (χ2v) is 4.00. The highest BCUT2D eigenvalue weighted by molar-refractivity contribution is 6.39. The first-order chi connectivity index (χ1) is 8.06. The van der Waals surface area contributed by atoms with Gasteiger partial charge in [-0.15, -0.1) is 0 Å². The summed E-state index contributed by atoms with van der Waals surface area (Å²) in [5.74, 6) is -0.506. The highest BCUT2D eigenvalue weighted by atomic mass is 35.5. The molecule has 0 aliphatic rings. The molecule has 0 spiro atoms. The van der Waals surface area contributed by atoms with Crippen molar-refractivity contribution in [1.29, 1.82) is 0 Å². The van der Waals surface area contributed by atoms with E-state index in [2.05, 4.69) is 0 Å². The second kappa shape index (κ2) is 6.69. The lowest BCUT2D eigenvalue weighted by Crippen LogP contribution is -2.11. The molecule has 0 aromatic heterocycles. The van der Waals surface area contributed by atoms with Gasteiger partial charge in [-0.25, -0.2) is 4.79 Å². The van der Waals surface area contributed by atoms with Gasteiger partial charge in [0.2, 0.25) is 0 Å². The normalized spacial score (nSPS) is 10.3. The average molecular weight is 278 g/mol. The molecule has 1 rings (SSSR count). The Labute approximate surface area is 110 Å². The largest absolute Gasteiger partial charge is 0.460 e. The number of esters is 1. The Morgan fingerprint density at radius 2 is 1.88 bits per heavy atom. The van der Waals surface area contributed by atoms with E-state index in [0.29, 0.717) is 13.2 Å². The zero-order valence-electron chi connectivity index (χ0n) is 9.33. The van der Waals surface area contributed by atoms with Gasteiger partial charge in [-0.3, -0.25) is 0 Å². The number of ether oxygens (including phenoxy) is 2. The number of benzene rings is 1. The van der Waals surface area contributed by atoms with Crippen LogP contribution in [-0.2, 0) is 9.47 Å². The van der Waals surface area contributed by atoms with Gasteiger partial charge >= 0.3 is 5.97 Å². The van der Waals surface area contributed by atoms with Gasteiger partial charge in [0.15, 0.2) is 0 Å². The molecule has 1 aromatic rings. The predicted octanol–water partition coefficient (Wildman–Crippen LogP) is 2.77. The third-order valence-electron chi connectivity index (χ3n) is 1.98. The van der Waals surface area contributed by atoms with Gasteiger partial charge in [-0.1, -0.05) is 23.2 Å². The summed E-state index contributed by atoms with van der Waals surface area (Å²) in [5.41, 5.74) is 6.07. The Bertz CT molecular complexity index is 387. The highest BCUT2D eigenvalue weighted by Crippen LogP contribution is 2.28. The predicted molar refractivity (Wildman–Crippen MR) is 67.6 cm³/mol. The monoisotopic (exact) mass is 277 g/mol. The Hall–Kier alpha value is -0.970. The fourth-order valence-corrected chi connectivity index (χ4v) is 1.61. The highest BCUT2D eigenvalue weighted by Gasteiger charge is 2.12. The van der Waals surface area contributed by atoms with Crippen molar-refractivity contribution in [3.05, 3.63) is 27.7 Å². The number of halogens is 2. The molecular weight excluding hydrogens is 265 g/mol. The van der Waals surface area contributed by atoms with E-state index in [1.54, 1.807) is 0 Å². The number of nitrogen functional groups attached to an aromatic ring is 1. The molecule has 1 aromatic carbocycles. The Morgan fingerprint density at radius 1 is 1.29 bits per heavy atom. The topological polar surface area (TPSA) is 61.5 Å². The van der Waals surface area contributed by atoms with E-state index in [9.17, 15) is 4.79 Å². The molecule has 0 amide bonds. The van der Waals surface area contributed by atoms with Crippen LogP contribution in [0.4, 0.5) is 5.69 Å². The van der Waals surface area contributed by atoms with E-state index in [1.807, 2.05) is 6.92 Å². The molecule has 2 N–H and O–H groups in total. The van der Waals surface area contributed by atoms with E-state index < -0.39 is 5.97 Å². The minimum absolute atomic E-state index is 0.187. The molecule has 0 radical (unpaired) electrons. The molecule has 94 valence electrons. The van der Waals surface area contributed by atoms with Crippen LogP contribution < -0.4 is 5.73 Å². The molecule has 0 aliphatic heterocycles. The molecule has 6 heteroatoms. The summed E-state index contributed by atoms with van der Waals surface area (Å²) < 4.78 is 9.99. The van der Waals surface area contributed by atoms with Crippen LogP contribution in [0, 0.1) is 0 Å². The molecule has 0 atom stereocenters. The maximum absolute atomic E-state index is 11.6. The van der Waals surface area contributed by atoms with Gasteiger partial charge in [0.1, 0.15) is 6.61 Å². The van der Waals surface area contributed by atoms with E-state index in [-0.39, 0.29) is 27.9 Å². The molecule has 17 heavy (non-hydrogen) atoms. The SMILES string of the molecule is CCOCCOC(=O)c1cc(Cl)c(N)c(Cl)c1. The van der Waals surface area contributed by atoms with Crippen LogP contribution in [0.1, 0.15) is 17.3 Å². The lowest BCUT2D eigenvalue weighted by atomic mass is 10.2. The number of hydrogen-bond donors (Lipinski definition) is 1. The number of anilines is 1. The number of hydrogen-bond acceptors (Lipinski definition) is 4. The quantitative estimate of drug-likeness (QED) is 0.511. The number of carbonyl (C=O) groups is 1. The van der Waals surface area contributed by atoms with Crippen LogP contribution in [0.25, 0.3) is 0 Å². The van der Waals surface area contributed by atoms with Crippen molar-refractivity contribution in [3.63, 3.8) is 0 Å². The molecule has 0 aliphatic carbocycles. The minimum atomic E-state index is -0.506. The summed E-state index contributed by atoms with van der Waals surface area (Å²) in [7, 11) is 0. The number of nitrogens with two attached hydrogens (primary N) is 1. The van der Waals surface area contributed by atoms with Crippen molar-refractivity contribution in [2.24, 2.45) is 0 Å². The zero-order valence-corrected chi connectivity index (χ0v) is 10.8. The van der Waals surface area contributed by atoms with Crippen molar-refractivity contribution < 1.29 is 14.3 Å². The van der Waals surface area contributed by atoms with Crippen molar-refractivity contribution in [2.45, 2.75) is 6.92 Å². The minimum Gasteiger partial charge on any atom is -0.460 e. The summed E-state index contributed by atoms with van der Waals surface area (Å²) >= 11 is 11.6. The van der Waals surface area contributed by atoms with Gasteiger partial charge in [-0.2, -0.15) is 0 Å². The molecule has 0 saturated carbocycles. The van der Waals surface area contributed by atoms with E-state index in [1.165, 1.54) is 12.1 Å². The Kier molecular flexibility index (Phi) is 5.55. The van der Waals surface area contributed by atoms with Crippen LogP contribution in [0.15, 0.2) is 12.1 Å². The van der Waals surface area contributed by atoms with Gasteiger partial charge in [0.05, 0.1) is 27.9 Å². The van der Waals surface area contributed by atoms with Crippen LogP contribution in [0.3, 0.4) is 0 Å². The molecule has 0 unspecified atom stereocenters. The first kappa shape index (κ1) is 14.1. The summed E-state index contributed by atoms with van der Waals surface area (Å²) in [6.45, 7) is 2.99. The standard InChI is InChI=1S/C11H13Cl2NO3/c1-2-16-3-4-17-11(15)7-5-8(12)10(14)9(13)6-7/h5-6H,2-4,14H2,1H3. The van der Waals surface area contributed by atoms with Crippen molar-refractivity contribution in [3.8, 4) is 0 Å². The Balaban J connectivity index is 2.63. The van der Waals surface area contributed by atoms with E-state index in [0.717, 1.165) is 0 Å². The molecular formula is C11H13Cl2NO3. The molecule has 0 heterocycles. The Morgan fingerprint density at radius 3 is 2.41 bits per heavy atom. The van der Waals surface area contributed by atoms with Crippen molar-refractivity contribution in [1.82, 2.24) is 0 Å². The van der Waals surface area contributed by atoms with E-state index >= 15 is 0 Å². The van der Waals surface area contributed by atoms with Gasteiger partial charge in [-0.05, 0) is 19.1 Å². The third-order valence-corrected chi connectivity index (χ3v) is 2.61. The molecule has 0 bridgehead atoms. The lowest BCUT2D eigenvalue weighted by Gasteiger charge is -2.07.